The molecule has 0 saturated heterocycles. The van der Waals surface area contributed by atoms with Gasteiger partial charge in [-0.1, -0.05) is 52.0 Å². The normalized spacial score (nSPS) is 13.8. The fourth-order valence-electron chi connectivity index (χ4n) is 2.13. The third-order valence-electron chi connectivity index (χ3n) is 3.37. The molecule has 0 saturated carbocycles. The van der Waals surface area contributed by atoms with Gasteiger partial charge in [0, 0.05) is 6.42 Å². The van der Waals surface area contributed by atoms with Gasteiger partial charge in [-0.2, -0.15) is 0 Å². The van der Waals surface area contributed by atoms with Gasteiger partial charge in [-0.3, -0.25) is 0 Å². The van der Waals surface area contributed by atoms with Crippen molar-refractivity contribution in [3.8, 4) is 0 Å². The van der Waals surface area contributed by atoms with Crippen LogP contribution in [-0.2, 0) is 0 Å². The molecule has 0 aliphatic rings. The molecule has 0 N–H and O–H groups in total. The van der Waals surface area contributed by atoms with E-state index in [1.807, 2.05) is 0 Å². The standard InChI is InChI=1S/C15H32N/c1-6-8-9-10-11-12-13-14-15(7-2)16(3,4)5/h7,15H,2,6,8-14H2,1,3-5H3/q+1. The van der Waals surface area contributed by atoms with Gasteiger partial charge >= 0.3 is 0 Å². The fourth-order valence-corrected chi connectivity index (χ4v) is 2.13. The zero-order valence-corrected chi connectivity index (χ0v) is 12.0. The molecular weight excluding hydrogens is 194 g/mol. The molecule has 0 aromatic rings. The van der Waals surface area contributed by atoms with Crippen LogP contribution in [0.15, 0.2) is 12.7 Å². The molecule has 0 rings (SSSR count). The summed E-state index contributed by atoms with van der Waals surface area (Å²) in [6.45, 7) is 6.22. The molecule has 1 nitrogen and oxygen atoms in total. The van der Waals surface area contributed by atoms with Gasteiger partial charge in [0.2, 0.25) is 0 Å². The number of nitrogens with zero attached hydrogens (tertiary/aromatic N) is 1. The molecule has 96 valence electrons. The SMILES string of the molecule is C=CC(CCCCCCCCC)[N+](C)(C)C. The molecule has 0 amide bonds. The number of likely N-dealkylation sites (N-methyl/N-ethyl adjacent to an activating group) is 1. The first-order valence-corrected chi connectivity index (χ1v) is 6.96. The van der Waals surface area contributed by atoms with E-state index in [-0.39, 0.29) is 0 Å². The predicted octanol–water partition coefficient (Wildman–Crippen LogP) is 4.39. The van der Waals surface area contributed by atoms with E-state index in [0.29, 0.717) is 6.04 Å². The minimum absolute atomic E-state index is 0.621. The zero-order valence-electron chi connectivity index (χ0n) is 12.0. The summed E-state index contributed by atoms with van der Waals surface area (Å²) in [7, 11) is 6.77. The van der Waals surface area contributed by atoms with E-state index in [0.717, 1.165) is 4.48 Å². The third-order valence-corrected chi connectivity index (χ3v) is 3.37. The minimum Gasteiger partial charge on any atom is -0.325 e. The van der Waals surface area contributed by atoms with Gasteiger partial charge in [-0.15, -0.1) is 0 Å². The Bertz CT molecular complexity index is 167. The number of hydrogen-bond acceptors (Lipinski definition) is 0. The van der Waals surface area contributed by atoms with Crippen LogP contribution in [0.1, 0.15) is 58.3 Å². The monoisotopic (exact) mass is 226 g/mol. The Morgan fingerprint density at radius 3 is 1.88 bits per heavy atom. The molecule has 0 radical (unpaired) electrons. The average Bonchev–Trinajstić information content (AvgIpc) is 2.20. The first kappa shape index (κ1) is 15.7. The summed E-state index contributed by atoms with van der Waals surface area (Å²) in [6.07, 6.45) is 13.2. The van der Waals surface area contributed by atoms with Crippen molar-refractivity contribution in [2.24, 2.45) is 0 Å². The van der Waals surface area contributed by atoms with Crippen LogP contribution in [0.2, 0.25) is 0 Å². The minimum atomic E-state index is 0.621. The molecular formula is C15H32N+. The maximum Gasteiger partial charge on any atom is 0.107 e. The molecule has 1 unspecified atom stereocenters. The Kier molecular flexibility index (Phi) is 8.64. The fraction of sp³-hybridized carbons (Fsp3) is 0.867. The van der Waals surface area contributed by atoms with E-state index >= 15 is 0 Å². The predicted molar refractivity (Wildman–Crippen MR) is 74.6 cm³/mol. The number of rotatable bonds is 10. The van der Waals surface area contributed by atoms with Crippen molar-refractivity contribution in [3.63, 3.8) is 0 Å². The third kappa shape index (κ3) is 7.92. The zero-order chi connectivity index (χ0) is 12.4. The Balaban J connectivity index is 3.46. The Morgan fingerprint density at radius 2 is 1.44 bits per heavy atom. The van der Waals surface area contributed by atoms with Gasteiger partial charge in [0.05, 0.1) is 21.1 Å². The van der Waals surface area contributed by atoms with Gasteiger partial charge < -0.3 is 4.48 Å². The van der Waals surface area contributed by atoms with Gasteiger partial charge in [-0.05, 0) is 12.5 Å². The second-order valence-corrected chi connectivity index (χ2v) is 5.83. The first-order valence-electron chi connectivity index (χ1n) is 6.96. The number of quaternary nitrogens is 1. The van der Waals surface area contributed by atoms with Crippen molar-refractivity contribution in [1.29, 1.82) is 0 Å². The lowest BCUT2D eigenvalue weighted by Crippen LogP contribution is -2.43. The highest BCUT2D eigenvalue weighted by molar-refractivity contribution is 4.79. The maximum absolute atomic E-state index is 3.95. The van der Waals surface area contributed by atoms with E-state index in [9.17, 15) is 0 Å². The Labute approximate surface area is 103 Å². The van der Waals surface area contributed by atoms with Crippen molar-refractivity contribution in [1.82, 2.24) is 0 Å². The van der Waals surface area contributed by atoms with Crippen molar-refractivity contribution in [3.05, 3.63) is 12.7 Å². The Morgan fingerprint density at radius 1 is 0.938 bits per heavy atom. The molecule has 0 aliphatic heterocycles. The molecule has 0 spiro atoms. The Hall–Kier alpha value is -0.300. The van der Waals surface area contributed by atoms with Crippen LogP contribution < -0.4 is 0 Å². The summed E-state index contributed by atoms with van der Waals surface area (Å²) in [5.41, 5.74) is 0. The number of unbranched alkanes of at least 4 members (excludes halogenated alkanes) is 6. The highest BCUT2D eigenvalue weighted by Gasteiger charge is 2.18. The molecule has 0 heterocycles. The van der Waals surface area contributed by atoms with Gasteiger partial charge in [0.25, 0.3) is 0 Å². The van der Waals surface area contributed by atoms with E-state index in [2.05, 4.69) is 40.7 Å². The van der Waals surface area contributed by atoms with Gasteiger partial charge in [0.1, 0.15) is 6.04 Å². The second-order valence-electron chi connectivity index (χ2n) is 5.83. The van der Waals surface area contributed by atoms with Crippen molar-refractivity contribution in [2.75, 3.05) is 21.1 Å². The quantitative estimate of drug-likeness (QED) is 0.294. The van der Waals surface area contributed by atoms with Crippen LogP contribution in [0, 0.1) is 0 Å². The van der Waals surface area contributed by atoms with Crippen molar-refractivity contribution >= 4 is 0 Å². The second kappa shape index (κ2) is 8.81. The summed E-state index contributed by atoms with van der Waals surface area (Å²) in [4.78, 5) is 0. The van der Waals surface area contributed by atoms with Crippen molar-refractivity contribution in [2.45, 2.75) is 64.3 Å². The average molecular weight is 226 g/mol. The van der Waals surface area contributed by atoms with Crippen LogP contribution >= 0.6 is 0 Å². The molecule has 0 aromatic heterocycles. The first-order chi connectivity index (χ1) is 7.52. The lowest BCUT2D eigenvalue weighted by molar-refractivity contribution is -0.889. The lowest BCUT2D eigenvalue weighted by Gasteiger charge is -2.32. The highest BCUT2D eigenvalue weighted by Crippen LogP contribution is 2.15. The van der Waals surface area contributed by atoms with E-state index < -0.39 is 0 Å². The summed E-state index contributed by atoms with van der Waals surface area (Å²) < 4.78 is 1.01. The topological polar surface area (TPSA) is 0 Å². The molecule has 0 fully saturated rings. The molecule has 1 atom stereocenters. The smallest absolute Gasteiger partial charge is 0.107 e. The summed E-state index contributed by atoms with van der Waals surface area (Å²) >= 11 is 0. The van der Waals surface area contributed by atoms with Crippen LogP contribution in [0.5, 0.6) is 0 Å². The van der Waals surface area contributed by atoms with Gasteiger partial charge in [0.15, 0.2) is 0 Å². The van der Waals surface area contributed by atoms with Crippen molar-refractivity contribution < 1.29 is 4.48 Å². The maximum atomic E-state index is 3.95. The van der Waals surface area contributed by atoms with E-state index in [1.165, 1.54) is 51.4 Å². The molecule has 0 bridgehead atoms. The van der Waals surface area contributed by atoms with E-state index in [1.54, 1.807) is 0 Å². The molecule has 1 heteroatoms. The molecule has 0 aliphatic carbocycles. The van der Waals surface area contributed by atoms with Crippen LogP contribution in [-0.4, -0.2) is 31.7 Å². The highest BCUT2D eigenvalue weighted by atomic mass is 15.3. The summed E-state index contributed by atoms with van der Waals surface area (Å²) in [5, 5.41) is 0. The van der Waals surface area contributed by atoms with Crippen LogP contribution in [0.4, 0.5) is 0 Å². The van der Waals surface area contributed by atoms with Crippen LogP contribution in [0.25, 0.3) is 0 Å². The van der Waals surface area contributed by atoms with Gasteiger partial charge in [-0.25, -0.2) is 0 Å². The summed E-state index contributed by atoms with van der Waals surface area (Å²) in [6, 6.07) is 0.621. The van der Waals surface area contributed by atoms with Crippen LogP contribution in [0.3, 0.4) is 0 Å². The molecule has 16 heavy (non-hydrogen) atoms. The van der Waals surface area contributed by atoms with E-state index in [4.69, 9.17) is 0 Å². The number of hydrogen-bond donors (Lipinski definition) is 0. The summed E-state index contributed by atoms with van der Waals surface area (Å²) in [5.74, 6) is 0. The largest absolute Gasteiger partial charge is 0.325 e. The molecule has 0 aromatic carbocycles. The lowest BCUT2D eigenvalue weighted by atomic mass is 10.0.